The highest BCUT2D eigenvalue weighted by Gasteiger charge is 2.24. The van der Waals surface area contributed by atoms with Crippen LogP contribution in [0.1, 0.15) is 37.7 Å². The van der Waals surface area contributed by atoms with E-state index in [2.05, 4.69) is 5.32 Å². The summed E-state index contributed by atoms with van der Waals surface area (Å²) in [4.78, 5) is 12.0. The van der Waals surface area contributed by atoms with Crippen molar-refractivity contribution in [2.75, 3.05) is 6.54 Å². The highest BCUT2D eigenvalue weighted by molar-refractivity contribution is 5.85. The second kappa shape index (κ2) is 9.06. The van der Waals surface area contributed by atoms with Crippen LogP contribution in [0.2, 0.25) is 0 Å². The molecule has 0 bridgehead atoms. The fourth-order valence-electron chi connectivity index (χ4n) is 3.02. The number of nitrogens with two attached hydrogens (primary N) is 1. The van der Waals surface area contributed by atoms with Gasteiger partial charge >= 0.3 is 0 Å². The zero-order valence-electron chi connectivity index (χ0n) is 12.5. The Morgan fingerprint density at radius 3 is 2.59 bits per heavy atom. The van der Waals surface area contributed by atoms with Gasteiger partial charge in [-0.05, 0) is 37.0 Å². The third-order valence-corrected chi connectivity index (χ3v) is 4.18. The summed E-state index contributed by atoms with van der Waals surface area (Å²) in [6, 6.07) is 3.07. The van der Waals surface area contributed by atoms with Crippen LogP contribution in [0.3, 0.4) is 0 Å². The lowest BCUT2D eigenvalue weighted by Gasteiger charge is -2.30. The summed E-state index contributed by atoms with van der Waals surface area (Å²) in [5.41, 5.74) is 5.83. The van der Waals surface area contributed by atoms with Gasteiger partial charge in [0.25, 0.3) is 0 Å². The molecule has 124 valence electrons. The molecule has 1 aromatic rings. The number of carbonyl (C=O) groups is 1. The first-order valence-corrected chi connectivity index (χ1v) is 7.53. The molecule has 1 amide bonds. The van der Waals surface area contributed by atoms with E-state index in [1.165, 1.54) is 6.42 Å². The van der Waals surface area contributed by atoms with Gasteiger partial charge in [-0.1, -0.05) is 19.3 Å². The molecule has 1 saturated carbocycles. The van der Waals surface area contributed by atoms with Gasteiger partial charge in [0.2, 0.25) is 5.91 Å². The Morgan fingerprint density at radius 2 is 1.95 bits per heavy atom. The van der Waals surface area contributed by atoms with Gasteiger partial charge in [0.1, 0.15) is 11.6 Å². The van der Waals surface area contributed by atoms with Crippen LogP contribution in [0.25, 0.3) is 0 Å². The van der Waals surface area contributed by atoms with Gasteiger partial charge in [0.05, 0.1) is 6.42 Å². The van der Waals surface area contributed by atoms with Crippen LogP contribution in [-0.2, 0) is 11.2 Å². The minimum atomic E-state index is -0.562. The first kappa shape index (κ1) is 18.8. The molecule has 0 spiro atoms. The minimum Gasteiger partial charge on any atom is -0.352 e. The molecule has 1 unspecified atom stereocenters. The lowest BCUT2D eigenvalue weighted by atomic mass is 9.84. The third-order valence-electron chi connectivity index (χ3n) is 4.18. The van der Waals surface area contributed by atoms with Crippen molar-refractivity contribution in [2.45, 2.75) is 44.6 Å². The first-order valence-electron chi connectivity index (χ1n) is 7.53. The molecule has 1 aromatic carbocycles. The van der Waals surface area contributed by atoms with Crippen LogP contribution in [0, 0.1) is 17.6 Å². The Morgan fingerprint density at radius 1 is 1.27 bits per heavy atom. The first-order chi connectivity index (χ1) is 10.1. The average Bonchev–Trinajstić information content (AvgIpc) is 2.49. The lowest BCUT2D eigenvalue weighted by molar-refractivity contribution is -0.121. The molecule has 0 radical (unpaired) electrons. The van der Waals surface area contributed by atoms with Gasteiger partial charge in [0, 0.05) is 18.2 Å². The summed E-state index contributed by atoms with van der Waals surface area (Å²) >= 11 is 0. The zero-order chi connectivity index (χ0) is 15.2. The highest BCUT2D eigenvalue weighted by Crippen LogP contribution is 2.26. The van der Waals surface area contributed by atoms with Crippen molar-refractivity contribution in [1.82, 2.24) is 5.32 Å². The van der Waals surface area contributed by atoms with E-state index in [1.807, 2.05) is 0 Å². The maximum Gasteiger partial charge on any atom is 0.224 e. The Bertz CT molecular complexity index is 493. The van der Waals surface area contributed by atoms with E-state index >= 15 is 0 Å². The van der Waals surface area contributed by atoms with Gasteiger partial charge in [-0.15, -0.1) is 12.4 Å². The molecular weight excluding hydrogens is 310 g/mol. The Balaban J connectivity index is 0.00000242. The predicted molar refractivity (Wildman–Crippen MR) is 84.9 cm³/mol. The molecule has 6 heteroatoms. The molecule has 0 aromatic heterocycles. The number of nitrogens with one attached hydrogen (secondary N) is 1. The topological polar surface area (TPSA) is 55.1 Å². The van der Waals surface area contributed by atoms with Gasteiger partial charge < -0.3 is 11.1 Å². The van der Waals surface area contributed by atoms with Crippen LogP contribution >= 0.6 is 12.4 Å². The molecule has 1 atom stereocenters. The number of halogens is 3. The molecule has 1 fully saturated rings. The van der Waals surface area contributed by atoms with Gasteiger partial charge in [-0.25, -0.2) is 8.78 Å². The quantitative estimate of drug-likeness (QED) is 0.871. The minimum absolute atomic E-state index is 0. The van der Waals surface area contributed by atoms with Gasteiger partial charge in [-0.3, -0.25) is 4.79 Å². The van der Waals surface area contributed by atoms with Crippen LogP contribution in [0.15, 0.2) is 18.2 Å². The summed E-state index contributed by atoms with van der Waals surface area (Å²) < 4.78 is 26.6. The predicted octanol–water partition coefficient (Wildman–Crippen LogP) is 2.95. The second-order valence-corrected chi connectivity index (χ2v) is 5.72. The number of carbonyl (C=O) groups excluding carboxylic acids is 1. The van der Waals surface area contributed by atoms with Crippen molar-refractivity contribution in [1.29, 1.82) is 0 Å². The summed E-state index contributed by atoms with van der Waals surface area (Å²) in [5.74, 6) is -1.01. The van der Waals surface area contributed by atoms with E-state index in [0.717, 1.165) is 43.9 Å². The smallest absolute Gasteiger partial charge is 0.224 e. The van der Waals surface area contributed by atoms with Crippen LogP contribution in [-0.4, -0.2) is 18.5 Å². The molecule has 3 nitrogen and oxygen atoms in total. The molecule has 1 aliphatic rings. The Kier molecular flexibility index (Phi) is 7.76. The van der Waals surface area contributed by atoms with Crippen LogP contribution in [0.4, 0.5) is 8.78 Å². The molecular formula is C16H23ClF2N2O. The SMILES string of the molecule is Cl.NCC(NC(=O)Cc1cc(F)ccc1F)C1CCCCC1. The third kappa shape index (κ3) is 5.21. The fraction of sp³-hybridized carbons (Fsp3) is 0.562. The number of benzene rings is 1. The van der Waals surface area contributed by atoms with E-state index < -0.39 is 11.6 Å². The molecule has 2 rings (SSSR count). The second-order valence-electron chi connectivity index (χ2n) is 5.72. The number of rotatable bonds is 5. The van der Waals surface area contributed by atoms with Crippen LogP contribution < -0.4 is 11.1 Å². The number of hydrogen-bond acceptors (Lipinski definition) is 2. The van der Waals surface area contributed by atoms with Crippen molar-refractivity contribution in [3.63, 3.8) is 0 Å². The highest BCUT2D eigenvalue weighted by atomic mass is 35.5. The average molecular weight is 333 g/mol. The van der Waals surface area contributed by atoms with Crippen molar-refractivity contribution < 1.29 is 13.6 Å². The maximum absolute atomic E-state index is 13.5. The fourth-order valence-corrected chi connectivity index (χ4v) is 3.02. The largest absolute Gasteiger partial charge is 0.352 e. The van der Waals surface area contributed by atoms with Gasteiger partial charge in [0.15, 0.2) is 0 Å². The lowest BCUT2D eigenvalue weighted by Crippen LogP contribution is -2.46. The molecule has 0 saturated heterocycles. The molecule has 1 aliphatic carbocycles. The Hall–Kier alpha value is -1.20. The molecule has 0 heterocycles. The van der Waals surface area contributed by atoms with Crippen molar-refractivity contribution in [3.05, 3.63) is 35.4 Å². The monoisotopic (exact) mass is 332 g/mol. The van der Waals surface area contributed by atoms with E-state index in [1.54, 1.807) is 0 Å². The van der Waals surface area contributed by atoms with Gasteiger partial charge in [-0.2, -0.15) is 0 Å². The standard InChI is InChI=1S/C16H22F2N2O.ClH/c17-13-6-7-14(18)12(8-13)9-16(21)20-15(10-19)11-4-2-1-3-5-11;/h6-8,11,15H,1-5,9-10,19H2,(H,20,21);1H. The number of hydrogen-bond donors (Lipinski definition) is 2. The summed E-state index contributed by atoms with van der Waals surface area (Å²) in [6.45, 7) is 0.377. The van der Waals surface area contributed by atoms with E-state index in [4.69, 9.17) is 5.73 Å². The van der Waals surface area contributed by atoms with Crippen molar-refractivity contribution in [3.8, 4) is 0 Å². The van der Waals surface area contributed by atoms with Crippen LogP contribution in [0.5, 0.6) is 0 Å². The number of amides is 1. The zero-order valence-corrected chi connectivity index (χ0v) is 13.3. The summed E-state index contributed by atoms with van der Waals surface area (Å²) in [6.07, 6.45) is 5.53. The van der Waals surface area contributed by atoms with E-state index in [9.17, 15) is 13.6 Å². The normalized spacial score (nSPS) is 16.7. The molecule has 3 N–H and O–H groups in total. The van der Waals surface area contributed by atoms with Crippen molar-refractivity contribution in [2.24, 2.45) is 11.7 Å². The summed E-state index contributed by atoms with van der Waals surface area (Å²) in [7, 11) is 0. The summed E-state index contributed by atoms with van der Waals surface area (Å²) in [5, 5.41) is 2.88. The van der Waals surface area contributed by atoms with Crippen molar-refractivity contribution >= 4 is 18.3 Å². The molecule has 22 heavy (non-hydrogen) atoms. The molecule has 0 aliphatic heterocycles. The Labute approximate surface area is 136 Å². The van der Waals surface area contributed by atoms with E-state index in [0.29, 0.717) is 12.5 Å². The maximum atomic E-state index is 13.5. The van der Waals surface area contributed by atoms with E-state index in [-0.39, 0.29) is 36.3 Å².